The number of rotatable bonds is 4. The molecule has 3 N–H and O–H groups in total. The first-order valence-corrected chi connectivity index (χ1v) is 6.36. The van der Waals surface area contributed by atoms with Gasteiger partial charge in [-0.25, -0.2) is 9.82 Å². The van der Waals surface area contributed by atoms with Crippen molar-refractivity contribution in [3.63, 3.8) is 0 Å². The van der Waals surface area contributed by atoms with E-state index in [9.17, 15) is 4.39 Å². The molecule has 0 saturated heterocycles. The quantitative estimate of drug-likeness (QED) is 0.673. The molecule has 1 heterocycles. The SMILES string of the molecule is Cc1ccc(C(Cc2ccc(F)cc2Br)NN)o1. The maximum absolute atomic E-state index is 13.0. The van der Waals surface area contributed by atoms with E-state index in [2.05, 4.69) is 21.4 Å². The summed E-state index contributed by atoms with van der Waals surface area (Å²) in [7, 11) is 0. The maximum Gasteiger partial charge on any atom is 0.124 e. The van der Waals surface area contributed by atoms with Gasteiger partial charge in [-0.1, -0.05) is 22.0 Å². The van der Waals surface area contributed by atoms with Crippen LogP contribution in [0.15, 0.2) is 39.2 Å². The first-order valence-electron chi connectivity index (χ1n) is 5.56. The Hall–Kier alpha value is -1.17. The summed E-state index contributed by atoms with van der Waals surface area (Å²) in [5, 5.41) is 0. The van der Waals surface area contributed by atoms with Crippen molar-refractivity contribution in [2.75, 3.05) is 0 Å². The van der Waals surface area contributed by atoms with Crippen LogP contribution in [-0.4, -0.2) is 0 Å². The van der Waals surface area contributed by atoms with Crippen molar-refractivity contribution in [2.24, 2.45) is 5.84 Å². The van der Waals surface area contributed by atoms with Crippen LogP contribution in [0.1, 0.15) is 23.1 Å². The van der Waals surface area contributed by atoms with Crippen molar-refractivity contribution < 1.29 is 8.81 Å². The second-order valence-corrected chi connectivity index (χ2v) is 4.96. The van der Waals surface area contributed by atoms with Crippen LogP contribution in [0.3, 0.4) is 0 Å². The van der Waals surface area contributed by atoms with E-state index in [1.165, 1.54) is 12.1 Å². The molecule has 1 atom stereocenters. The van der Waals surface area contributed by atoms with E-state index in [4.69, 9.17) is 10.3 Å². The molecule has 0 aliphatic carbocycles. The molecule has 3 nitrogen and oxygen atoms in total. The number of aryl methyl sites for hydroxylation is 1. The smallest absolute Gasteiger partial charge is 0.124 e. The van der Waals surface area contributed by atoms with Crippen molar-refractivity contribution in [2.45, 2.75) is 19.4 Å². The summed E-state index contributed by atoms with van der Waals surface area (Å²) in [6.07, 6.45) is 0.615. The van der Waals surface area contributed by atoms with Gasteiger partial charge in [0.2, 0.25) is 0 Å². The van der Waals surface area contributed by atoms with Gasteiger partial charge in [0, 0.05) is 4.47 Å². The van der Waals surface area contributed by atoms with E-state index in [1.54, 1.807) is 6.07 Å². The molecule has 0 fully saturated rings. The first-order chi connectivity index (χ1) is 8.60. The fraction of sp³-hybridized carbons (Fsp3) is 0.231. The summed E-state index contributed by atoms with van der Waals surface area (Å²) in [4.78, 5) is 0. The number of hydrazine groups is 1. The molecule has 1 aromatic heterocycles. The van der Waals surface area contributed by atoms with Gasteiger partial charge in [0.05, 0.1) is 6.04 Å². The molecular formula is C13H14BrFN2O. The molecule has 0 saturated carbocycles. The highest BCUT2D eigenvalue weighted by Crippen LogP contribution is 2.25. The van der Waals surface area contributed by atoms with Crippen LogP contribution < -0.4 is 11.3 Å². The Balaban J connectivity index is 2.20. The second-order valence-electron chi connectivity index (χ2n) is 4.11. The third-order valence-electron chi connectivity index (χ3n) is 2.74. The molecule has 2 aromatic rings. The van der Waals surface area contributed by atoms with Crippen LogP contribution in [0.4, 0.5) is 4.39 Å². The number of furan rings is 1. The molecule has 1 unspecified atom stereocenters. The van der Waals surface area contributed by atoms with Crippen molar-refractivity contribution in [1.29, 1.82) is 0 Å². The molecular weight excluding hydrogens is 299 g/mol. The Morgan fingerprint density at radius 2 is 2.17 bits per heavy atom. The zero-order valence-corrected chi connectivity index (χ0v) is 11.5. The van der Waals surface area contributed by atoms with Gasteiger partial charge in [-0.2, -0.15) is 0 Å². The van der Waals surface area contributed by atoms with Crippen molar-refractivity contribution in [1.82, 2.24) is 5.43 Å². The van der Waals surface area contributed by atoms with Crippen molar-refractivity contribution >= 4 is 15.9 Å². The standard InChI is InChI=1S/C13H14BrFN2O/c1-8-2-5-13(18-8)12(17-16)6-9-3-4-10(15)7-11(9)14/h2-5,7,12,17H,6,16H2,1H3. The van der Waals surface area contributed by atoms with Gasteiger partial charge >= 0.3 is 0 Å². The zero-order valence-electron chi connectivity index (χ0n) is 9.91. The van der Waals surface area contributed by atoms with Crippen LogP contribution >= 0.6 is 15.9 Å². The minimum Gasteiger partial charge on any atom is -0.465 e. The fourth-order valence-corrected chi connectivity index (χ4v) is 2.30. The number of nitrogens with two attached hydrogens (primary N) is 1. The zero-order chi connectivity index (χ0) is 13.1. The van der Waals surface area contributed by atoms with E-state index in [0.29, 0.717) is 6.42 Å². The van der Waals surface area contributed by atoms with Crippen LogP contribution in [0.5, 0.6) is 0 Å². The van der Waals surface area contributed by atoms with E-state index in [0.717, 1.165) is 21.6 Å². The van der Waals surface area contributed by atoms with Gasteiger partial charge < -0.3 is 4.42 Å². The monoisotopic (exact) mass is 312 g/mol. The first kappa shape index (κ1) is 13.3. The number of hydrogen-bond acceptors (Lipinski definition) is 3. The summed E-state index contributed by atoms with van der Waals surface area (Å²) in [6, 6.07) is 8.24. The highest BCUT2D eigenvalue weighted by molar-refractivity contribution is 9.10. The number of halogens is 2. The summed E-state index contributed by atoms with van der Waals surface area (Å²) < 4.78 is 19.3. The third-order valence-corrected chi connectivity index (χ3v) is 3.48. The molecule has 0 aliphatic heterocycles. The largest absolute Gasteiger partial charge is 0.465 e. The lowest BCUT2D eigenvalue weighted by atomic mass is 10.0. The minimum atomic E-state index is -0.267. The van der Waals surface area contributed by atoms with Crippen molar-refractivity contribution in [3.8, 4) is 0 Å². The van der Waals surface area contributed by atoms with E-state index in [-0.39, 0.29) is 11.9 Å². The topological polar surface area (TPSA) is 51.2 Å². The Kier molecular flexibility index (Phi) is 4.16. The maximum atomic E-state index is 13.0. The molecule has 0 radical (unpaired) electrons. The summed E-state index contributed by atoms with van der Waals surface area (Å²) >= 11 is 3.34. The Morgan fingerprint density at radius 3 is 2.72 bits per heavy atom. The van der Waals surface area contributed by atoms with Gasteiger partial charge in [-0.15, -0.1) is 0 Å². The molecule has 0 spiro atoms. The molecule has 1 aromatic carbocycles. The predicted octanol–water partition coefficient (Wildman–Crippen LogP) is 3.24. The van der Waals surface area contributed by atoms with Crippen LogP contribution in [0.2, 0.25) is 0 Å². The second kappa shape index (κ2) is 5.65. The fourth-order valence-electron chi connectivity index (χ4n) is 1.79. The van der Waals surface area contributed by atoms with Gasteiger partial charge in [-0.3, -0.25) is 5.84 Å². The lowest BCUT2D eigenvalue weighted by molar-refractivity contribution is 0.402. The van der Waals surface area contributed by atoms with E-state index >= 15 is 0 Å². The van der Waals surface area contributed by atoms with Crippen molar-refractivity contribution in [3.05, 3.63) is 57.7 Å². The molecule has 96 valence electrons. The average molecular weight is 313 g/mol. The number of nitrogens with one attached hydrogen (secondary N) is 1. The van der Waals surface area contributed by atoms with Crippen LogP contribution in [0, 0.1) is 12.7 Å². The number of benzene rings is 1. The Labute approximate surface area is 113 Å². The summed E-state index contributed by atoms with van der Waals surface area (Å²) in [5.41, 5.74) is 3.68. The van der Waals surface area contributed by atoms with E-state index in [1.807, 2.05) is 19.1 Å². The van der Waals surface area contributed by atoms with Gasteiger partial charge in [0.1, 0.15) is 17.3 Å². The van der Waals surface area contributed by atoms with Gasteiger partial charge in [0.15, 0.2) is 0 Å². The lowest BCUT2D eigenvalue weighted by Gasteiger charge is -2.14. The van der Waals surface area contributed by atoms with E-state index < -0.39 is 0 Å². The Bertz CT molecular complexity index is 542. The molecule has 2 rings (SSSR count). The van der Waals surface area contributed by atoms with Gasteiger partial charge in [0.25, 0.3) is 0 Å². The Morgan fingerprint density at radius 1 is 1.39 bits per heavy atom. The van der Waals surface area contributed by atoms with Crippen LogP contribution in [-0.2, 0) is 6.42 Å². The third kappa shape index (κ3) is 2.98. The normalized spacial score (nSPS) is 12.7. The average Bonchev–Trinajstić information content (AvgIpc) is 2.75. The molecule has 0 aliphatic rings. The molecule has 0 amide bonds. The molecule has 0 bridgehead atoms. The predicted molar refractivity (Wildman–Crippen MR) is 71.3 cm³/mol. The summed E-state index contributed by atoms with van der Waals surface area (Å²) in [6.45, 7) is 1.88. The number of hydrogen-bond donors (Lipinski definition) is 2. The minimum absolute atomic E-state index is 0.138. The molecule has 18 heavy (non-hydrogen) atoms. The summed E-state index contributed by atoms with van der Waals surface area (Å²) in [5.74, 6) is 6.88. The van der Waals surface area contributed by atoms with Crippen LogP contribution in [0.25, 0.3) is 0 Å². The lowest BCUT2D eigenvalue weighted by Crippen LogP contribution is -2.29. The highest BCUT2D eigenvalue weighted by Gasteiger charge is 2.15. The molecule has 5 heteroatoms. The highest BCUT2D eigenvalue weighted by atomic mass is 79.9. The van der Waals surface area contributed by atoms with Gasteiger partial charge in [-0.05, 0) is 43.2 Å².